The first-order chi connectivity index (χ1) is 12.9. The smallest absolute Gasteiger partial charge is 0.252 e. The van der Waals surface area contributed by atoms with E-state index < -0.39 is 15.9 Å². The average molecular weight is 434 g/mol. The molecule has 1 aromatic rings. The number of likely N-dealkylation sites (tertiary alicyclic amines) is 1. The summed E-state index contributed by atoms with van der Waals surface area (Å²) in [5, 5.41) is 2.97. The van der Waals surface area contributed by atoms with E-state index in [1.54, 1.807) is 0 Å². The number of hydrogen-bond donors (Lipinski definition) is 2. The fourth-order valence-corrected chi connectivity index (χ4v) is 5.34. The van der Waals surface area contributed by atoms with Crippen LogP contribution in [0, 0.1) is 0 Å². The highest BCUT2D eigenvalue weighted by Crippen LogP contribution is 2.30. The Morgan fingerprint density at radius 2 is 1.81 bits per heavy atom. The molecule has 0 atom stereocenters. The molecule has 2 fully saturated rings. The topological polar surface area (TPSA) is 78.5 Å². The predicted molar refractivity (Wildman–Crippen MR) is 107 cm³/mol. The van der Waals surface area contributed by atoms with Crippen LogP contribution in [0.5, 0.6) is 0 Å². The Morgan fingerprint density at radius 3 is 2.48 bits per heavy atom. The number of halogens is 2. The second-order valence-corrected chi connectivity index (χ2v) is 9.67. The maximum absolute atomic E-state index is 12.5. The fraction of sp³-hybridized carbons (Fsp3) is 0.611. The molecule has 0 spiro atoms. The van der Waals surface area contributed by atoms with Crippen molar-refractivity contribution in [3.05, 3.63) is 27.7 Å². The standard InChI is InChI=1S/C18H25Cl2N3O3S/c19-15-12-16(20)17(27(25,26)22-13-5-6-13)11-14(15)18(24)21-7-4-10-23-8-2-1-3-9-23/h11-13,22H,1-10H2,(H,21,24). The zero-order valence-electron chi connectivity index (χ0n) is 15.1. The molecule has 1 aromatic carbocycles. The summed E-state index contributed by atoms with van der Waals surface area (Å²) in [6.45, 7) is 3.69. The molecule has 27 heavy (non-hydrogen) atoms. The van der Waals surface area contributed by atoms with Crippen LogP contribution >= 0.6 is 23.2 Å². The van der Waals surface area contributed by atoms with Gasteiger partial charge in [0.25, 0.3) is 5.91 Å². The highest BCUT2D eigenvalue weighted by Gasteiger charge is 2.30. The zero-order valence-corrected chi connectivity index (χ0v) is 17.5. The van der Waals surface area contributed by atoms with Crippen LogP contribution in [-0.2, 0) is 10.0 Å². The molecular formula is C18H25Cl2N3O3S. The number of sulfonamides is 1. The number of nitrogens with zero attached hydrogens (tertiary/aromatic N) is 1. The second kappa shape index (κ2) is 9.09. The lowest BCUT2D eigenvalue weighted by atomic mass is 10.1. The van der Waals surface area contributed by atoms with Gasteiger partial charge in [0.2, 0.25) is 10.0 Å². The van der Waals surface area contributed by atoms with Gasteiger partial charge in [0.15, 0.2) is 0 Å². The molecule has 1 saturated carbocycles. The Balaban J connectivity index is 1.60. The van der Waals surface area contributed by atoms with Gasteiger partial charge in [-0.15, -0.1) is 0 Å². The van der Waals surface area contributed by atoms with Crippen molar-refractivity contribution in [3.63, 3.8) is 0 Å². The zero-order chi connectivity index (χ0) is 19.4. The number of hydrogen-bond acceptors (Lipinski definition) is 4. The number of carbonyl (C=O) groups is 1. The van der Waals surface area contributed by atoms with E-state index in [2.05, 4.69) is 14.9 Å². The lowest BCUT2D eigenvalue weighted by Gasteiger charge is -2.26. The molecule has 1 amide bonds. The molecule has 2 aliphatic rings. The largest absolute Gasteiger partial charge is 0.352 e. The summed E-state index contributed by atoms with van der Waals surface area (Å²) in [5.41, 5.74) is 0.121. The lowest BCUT2D eigenvalue weighted by molar-refractivity contribution is 0.0951. The van der Waals surface area contributed by atoms with E-state index >= 15 is 0 Å². The molecule has 6 nitrogen and oxygen atoms in total. The molecule has 0 radical (unpaired) electrons. The number of amides is 1. The molecule has 0 aromatic heterocycles. The van der Waals surface area contributed by atoms with E-state index in [0.717, 1.165) is 38.9 Å². The maximum atomic E-state index is 12.5. The van der Waals surface area contributed by atoms with Crippen molar-refractivity contribution in [3.8, 4) is 0 Å². The van der Waals surface area contributed by atoms with Crippen LogP contribution in [-0.4, -0.2) is 51.4 Å². The molecule has 1 aliphatic carbocycles. The van der Waals surface area contributed by atoms with E-state index in [9.17, 15) is 13.2 Å². The van der Waals surface area contributed by atoms with Crippen LogP contribution in [0.1, 0.15) is 48.9 Å². The van der Waals surface area contributed by atoms with Gasteiger partial charge in [-0.1, -0.05) is 29.6 Å². The van der Waals surface area contributed by atoms with Crippen molar-refractivity contribution in [1.29, 1.82) is 0 Å². The minimum absolute atomic E-state index is 0.00907. The van der Waals surface area contributed by atoms with Gasteiger partial charge in [0.1, 0.15) is 4.90 Å². The third-order valence-corrected chi connectivity index (χ3v) is 7.14. The van der Waals surface area contributed by atoms with Crippen LogP contribution in [0.2, 0.25) is 10.0 Å². The fourth-order valence-electron chi connectivity index (χ4n) is 3.18. The van der Waals surface area contributed by atoms with Gasteiger partial charge in [-0.3, -0.25) is 4.79 Å². The van der Waals surface area contributed by atoms with Gasteiger partial charge < -0.3 is 10.2 Å². The molecule has 0 unspecified atom stereocenters. The summed E-state index contributed by atoms with van der Waals surface area (Å²) >= 11 is 12.2. The minimum atomic E-state index is -3.77. The molecule has 9 heteroatoms. The van der Waals surface area contributed by atoms with Gasteiger partial charge in [-0.05, 0) is 63.9 Å². The number of carbonyl (C=O) groups excluding carboxylic acids is 1. The van der Waals surface area contributed by atoms with E-state index in [0.29, 0.717) is 6.54 Å². The number of nitrogens with one attached hydrogen (secondary N) is 2. The van der Waals surface area contributed by atoms with Gasteiger partial charge >= 0.3 is 0 Å². The number of benzene rings is 1. The summed E-state index contributed by atoms with van der Waals surface area (Å²) in [5.74, 6) is -0.391. The van der Waals surface area contributed by atoms with Crippen LogP contribution in [0.15, 0.2) is 17.0 Å². The highest BCUT2D eigenvalue weighted by molar-refractivity contribution is 7.89. The van der Waals surface area contributed by atoms with Crippen molar-refractivity contribution < 1.29 is 13.2 Å². The Kier molecular flexibility index (Phi) is 7.03. The van der Waals surface area contributed by atoms with E-state index in [4.69, 9.17) is 23.2 Å². The summed E-state index contributed by atoms with van der Waals surface area (Å²) in [6.07, 6.45) is 6.23. The van der Waals surface area contributed by atoms with Gasteiger partial charge in [0, 0.05) is 12.6 Å². The van der Waals surface area contributed by atoms with E-state index in [1.165, 1.54) is 31.4 Å². The number of rotatable bonds is 8. The maximum Gasteiger partial charge on any atom is 0.252 e. The normalized spacial score (nSPS) is 18.4. The van der Waals surface area contributed by atoms with Gasteiger partial charge in [0.05, 0.1) is 15.6 Å². The van der Waals surface area contributed by atoms with Crippen molar-refractivity contribution in [2.45, 2.75) is 49.5 Å². The second-order valence-electron chi connectivity index (χ2n) is 7.17. The molecule has 2 N–H and O–H groups in total. The first-order valence-electron chi connectivity index (χ1n) is 9.39. The average Bonchev–Trinajstić information content (AvgIpc) is 3.42. The van der Waals surface area contributed by atoms with Crippen molar-refractivity contribution in [2.24, 2.45) is 0 Å². The Bertz CT molecular complexity index is 791. The predicted octanol–water partition coefficient (Wildman–Crippen LogP) is 3.04. The monoisotopic (exact) mass is 433 g/mol. The first-order valence-corrected chi connectivity index (χ1v) is 11.6. The molecule has 0 bridgehead atoms. The Labute approximate surface area is 170 Å². The molecule has 1 heterocycles. The number of piperidine rings is 1. The molecular weight excluding hydrogens is 409 g/mol. The van der Waals surface area contributed by atoms with Crippen molar-refractivity contribution in [2.75, 3.05) is 26.2 Å². The Hall–Kier alpha value is -0.860. The molecule has 3 rings (SSSR count). The summed E-state index contributed by atoms with van der Waals surface area (Å²) in [6, 6.07) is 2.52. The lowest BCUT2D eigenvalue weighted by Crippen LogP contribution is -2.33. The molecule has 1 aliphatic heterocycles. The first kappa shape index (κ1) is 20.9. The summed E-state index contributed by atoms with van der Waals surface area (Å²) in [4.78, 5) is 14.8. The summed E-state index contributed by atoms with van der Waals surface area (Å²) in [7, 11) is -3.77. The van der Waals surface area contributed by atoms with E-state index in [1.807, 2.05) is 0 Å². The van der Waals surface area contributed by atoms with Crippen LogP contribution in [0.25, 0.3) is 0 Å². The van der Waals surface area contributed by atoms with Crippen LogP contribution in [0.4, 0.5) is 0 Å². The summed E-state index contributed by atoms with van der Waals surface area (Å²) < 4.78 is 27.5. The Morgan fingerprint density at radius 1 is 1.11 bits per heavy atom. The van der Waals surface area contributed by atoms with Crippen molar-refractivity contribution >= 4 is 39.1 Å². The molecule has 1 saturated heterocycles. The third-order valence-electron chi connectivity index (χ3n) is 4.84. The highest BCUT2D eigenvalue weighted by atomic mass is 35.5. The molecule has 150 valence electrons. The minimum Gasteiger partial charge on any atom is -0.352 e. The quantitative estimate of drug-likeness (QED) is 0.617. The SMILES string of the molecule is O=C(NCCCN1CCCCC1)c1cc(S(=O)(=O)NC2CC2)c(Cl)cc1Cl. The van der Waals surface area contributed by atoms with Gasteiger partial charge in [-0.2, -0.15) is 0 Å². The van der Waals surface area contributed by atoms with E-state index in [-0.39, 0.29) is 26.5 Å². The third kappa shape index (κ3) is 5.81. The van der Waals surface area contributed by atoms with Gasteiger partial charge in [-0.25, -0.2) is 13.1 Å². The van der Waals surface area contributed by atoms with Crippen molar-refractivity contribution in [1.82, 2.24) is 14.9 Å². The van der Waals surface area contributed by atoms with Crippen LogP contribution < -0.4 is 10.0 Å². The van der Waals surface area contributed by atoms with Crippen LogP contribution in [0.3, 0.4) is 0 Å².